The molecule has 2 aromatic carbocycles. The molecule has 3 amide bonds. The summed E-state index contributed by atoms with van der Waals surface area (Å²) < 4.78 is 4.86. The van der Waals surface area contributed by atoms with E-state index in [4.69, 9.17) is 16.3 Å². The molecule has 2 aromatic rings. The van der Waals surface area contributed by atoms with Crippen LogP contribution in [0, 0.1) is 13.8 Å². The second kappa shape index (κ2) is 9.01. The highest BCUT2D eigenvalue weighted by molar-refractivity contribution is 6.31. The first-order valence-corrected chi connectivity index (χ1v) is 8.30. The molecular formula is C19H19ClN2O4. The zero-order valence-corrected chi connectivity index (χ0v) is 15.2. The van der Waals surface area contributed by atoms with Crippen LogP contribution in [0.2, 0.25) is 5.02 Å². The minimum atomic E-state index is -0.723. The zero-order valence-electron chi connectivity index (χ0n) is 14.5. The molecule has 0 aliphatic carbocycles. The third kappa shape index (κ3) is 5.89. The van der Waals surface area contributed by atoms with E-state index in [1.807, 2.05) is 19.9 Å². The van der Waals surface area contributed by atoms with Crippen LogP contribution < -0.4 is 10.6 Å². The fraction of sp³-hybridized carbons (Fsp3) is 0.211. The molecule has 0 radical (unpaired) electrons. The summed E-state index contributed by atoms with van der Waals surface area (Å²) in [5, 5.41) is 5.09. The van der Waals surface area contributed by atoms with Crippen molar-refractivity contribution in [3.05, 3.63) is 64.2 Å². The molecule has 136 valence electrons. The summed E-state index contributed by atoms with van der Waals surface area (Å²) >= 11 is 5.96. The van der Waals surface area contributed by atoms with E-state index in [1.54, 1.807) is 36.4 Å². The van der Waals surface area contributed by atoms with Crippen molar-refractivity contribution >= 4 is 35.2 Å². The Labute approximate surface area is 156 Å². The van der Waals surface area contributed by atoms with E-state index < -0.39 is 24.5 Å². The second-order valence-corrected chi connectivity index (χ2v) is 6.14. The Morgan fingerprint density at radius 3 is 2.46 bits per heavy atom. The summed E-state index contributed by atoms with van der Waals surface area (Å²) in [4.78, 5) is 35.3. The van der Waals surface area contributed by atoms with Gasteiger partial charge in [-0.1, -0.05) is 35.9 Å². The number of benzene rings is 2. The fourth-order valence-electron chi connectivity index (χ4n) is 2.14. The van der Waals surface area contributed by atoms with Gasteiger partial charge in [-0.15, -0.1) is 0 Å². The number of hydrogen-bond donors (Lipinski definition) is 2. The highest BCUT2D eigenvalue weighted by Crippen LogP contribution is 2.16. The number of nitrogens with one attached hydrogen (secondary N) is 2. The molecule has 0 atom stereocenters. The SMILES string of the molecule is Cc1ccc(NC(=O)NC(=O)COC(=O)Cc2ccccc2Cl)cc1C. The quantitative estimate of drug-likeness (QED) is 0.785. The number of amides is 3. The van der Waals surface area contributed by atoms with Crippen LogP contribution >= 0.6 is 11.6 Å². The van der Waals surface area contributed by atoms with Crippen LogP contribution in [-0.4, -0.2) is 24.5 Å². The lowest BCUT2D eigenvalue weighted by Gasteiger charge is -2.09. The van der Waals surface area contributed by atoms with Crippen molar-refractivity contribution in [2.24, 2.45) is 0 Å². The van der Waals surface area contributed by atoms with Gasteiger partial charge in [0, 0.05) is 10.7 Å². The van der Waals surface area contributed by atoms with E-state index in [0.29, 0.717) is 16.3 Å². The van der Waals surface area contributed by atoms with Crippen molar-refractivity contribution in [2.45, 2.75) is 20.3 Å². The van der Waals surface area contributed by atoms with E-state index in [2.05, 4.69) is 10.6 Å². The first-order chi connectivity index (χ1) is 12.3. The highest BCUT2D eigenvalue weighted by Gasteiger charge is 2.13. The van der Waals surface area contributed by atoms with E-state index in [-0.39, 0.29) is 6.42 Å². The summed E-state index contributed by atoms with van der Waals surface area (Å²) in [6.45, 7) is 3.32. The molecule has 0 fully saturated rings. The van der Waals surface area contributed by atoms with Gasteiger partial charge >= 0.3 is 12.0 Å². The van der Waals surface area contributed by atoms with Crippen LogP contribution in [0.5, 0.6) is 0 Å². The van der Waals surface area contributed by atoms with Gasteiger partial charge in [-0.3, -0.25) is 14.9 Å². The third-order valence-corrected chi connectivity index (χ3v) is 4.04. The molecule has 2 rings (SSSR count). The lowest BCUT2D eigenvalue weighted by molar-refractivity contribution is -0.147. The average molecular weight is 375 g/mol. The zero-order chi connectivity index (χ0) is 19.1. The van der Waals surface area contributed by atoms with Gasteiger partial charge in [-0.2, -0.15) is 0 Å². The Hall–Kier alpha value is -2.86. The van der Waals surface area contributed by atoms with Crippen molar-refractivity contribution in [3.63, 3.8) is 0 Å². The first-order valence-electron chi connectivity index (χ1n) is 7.92. The highest BCUT2D eigenvalue weighted by atomic mass is 35.5. The van der Waals surface area contributed by atoms with Crippen LogP contribution in [0.1, 0.15) is 16.7 Å². The molecule has 0 saturated heterocycles. The summed E-state index contributed by atoms with van der Waals surface area (Å²) in [5.74, 6) is -1.33. The van der Waals surface area contributed by atoms with Gasteiger partial charge in [-0.25, -0.2) is 4.79 Å². The van der Waals surface area contributed by atoms with E-state index in [9.17, 15) is 14.4 Å². The number of esters is 1. The number of hydrogen-bond acceptors (Lipinski definition) is 4. The number of carbonyl (C=O) groups is 3. The molecule has 0 heterocycles. The average Bonchev–Trinajstić information content (AvgIpc) is 2.58. The number of aryl methyl sites for hydroxylation is 2. The molecule has 0 unspecified atom stereocenters. The monoisotopic (exact) mass is 374 g/mol. The smallest absolute Gasteiger partial charge is 0.325 e. The minimum absolute atomic E-state index is 0.0538. The number of anilines is 1. The summed E-state index contributed by atoms with van der Waals surface area (Å²) in [5.41, 5.74) is 3.28. The van der Waals surface area contributed by atoms with Crippen molar-refractivity contribution < 1.29 is 19.1 Å². The first kappa shape index (κ1) is 19.5. The number of ether oxygens (including phenoxy) is 1. The summed E-state index contributed by atoms with van der Waals surface area (Å²) in [6, 6.07) is 11.6. The van der Waals surface area contributed by atoms with Gasteiger partial charge in [0.05, 0.1) is 6.42 Å². The van der Waals surface area contributed by atoms with E-state index in [0.717, 1.165) is 11.1 Å². The van der Waals surface area contributed by atoms with Gasteiger partial charge in [-0.05, 0) is 48.7 Å². The number of carbonyl (C=O) groups excluding carboxylic acids is 3. The lowest BCUT2D eigenvalue weighted by atomic mass is 10.1. The van der Waals surface area contributed by atoms with Gasteiger partial charge in [0.1, 0.15) is 0 Å². The third-order valence-electron chi connectivity index (χ3n) is 3.67. The number of rotatable bonds is 5. The van der Waals surface area contributed by atoms with Crippen LogP contribution in [-0.2, 0) is 20.7 Å². The Balaban J connectivity index is 1.77. The molecule has 26 heavy (non-hydrogen) atoms. The maximum atomic E-state index is 11.8. The largest absolute Gasteiger partial charge is 0.455 e. The van der Waals surface area contributed by atoms with Crippen molar-refractivity contribution in [2.75, 3.05) is 11.9 Å². The molecule has 0 spiro atoms. The predicted molar refractivity (Wildman–Crippen MR) is 99.2 cm³/mol. The van der Waals surface area contributed by atoms with E-state index in [1.165, 1.54) is 0 Å². The molecule has 0 saturated carbocycles. The molecule has 0 bridgehead atoms. The Morgan fingerprint density at radius 1 is 1.04 bits per heavy atom. The summed E-state index contributed by atoms with van der Waals surface area (Å²) in [7, 11) is 0. The van der Waals surface area contributed by atoms with Crippen molar-refractivity contribution in [1.29, 1.82) is 0 Å². The Morgan fingerprint density at radius 2 is 1.77 bits per heavy atom. The van der Waals surface area contributed by atoms with Crippen LogP contribution in [0.3, 0.4) is 0 Å². The standard InChI is InChI=1S/C19H19ClN2O4/c1-12-7-8-15(9-13(12)2)21-19(25)22-17(23)11-26-18(24)10-14-5-3-4-6-16(14)20/h3-9H,10-11H2,1-2H3,(H2,21,22,23,25). The fourth-order valence-corrected chi connectivity index (χ4v) is 2.34. The van der Waals surface area contributed by atoms with Crippen molar-refractivity contribution in [3.8, 4) is 0 Å². The molecular weight excluding hydrogens is 356 g/mol. The lowest BCUT2D eigenvalue weighted by Crippen LogP contribution is -2.37. The van der Waals surface area contributed by atoms with Gasteiger partial charge in [0.25, 0.3) is 5.91 Å². The van der Waals surface area contributed by atoms with Crippen molar-refractivity contribution in [1.82, 2.24) is 5.32 Å². The maximum absolute atomic E-state index is 11.8. The molecule has 2 N–H and O–H groups in total. The number of urea groups is 1. The van der Waals surface area contributed by atoms with Gasteiger partial charge in [0.2, 0.25) is 0 Å². The van der Waals surface area contributed by atoms with E-state index >= 15 is 0 Å². The van der Waals surface area contributed by atoms with Crippen LogP contribution in [0.15, 0.2) is 42.5 Å². The van der Waals surface area contributed by atoms with Gasteiger partial charge in [0.15, 0.2) is 6.61 Å². The molecule has 0 aliphatic rings. The minimum Gasteiger partial charge on any atom is -0.455 e. The molecule has 0 aliphatic heterocycles. The number of imide groups is 1. The van der Waals surface area contributed by atoms with Crippen LogP contribution in [0.4, 0.5) is 10.5 Å². The molecule has 7 heteroatoms. The Bertz CT molecular complexity index is 836. The molecule has 0 aromatic heterocycles. The second-order valence-electron chi connectivity index (χ2n) is 5.73. The normalized spacial score (nSPS) is 10.1. The molecule has 6 nitrogen and oxygen atoms in total. The topological polar surface area (TPSA) is 84.5 Å². The number of halogens is 1. The Kier molecular flexibility index (Phi) is 6.74. The predicted octanol–water partition coefficient (Wildman–Crippen LogP) is 3.39. The van der Waals surface area contributed by atoms with Crippen LogP contribution in [0.25, 0.3) is 0 Å². The van der Waals surface area contributed by atoms with Gasteiger partial charge < -0.3 is 10.1 Å². The summed E-state index contributed by atoms with van der Waals surface area (Å²) in [6.07, 6.45) is -0.0538. The maximum Gasteiger partial charge on any atom is 0.325 e.